The number of hydrogen-bond donors (Lipinski definition) is 0. The van der Waals surface area contributed by atoms with Gasteiger partial charge in [0.15, 0.2) is 0 Å². The van der Waals surface area contributed by atoms with Gasteiger partial charge < -0.3 is 13.6 Å². The van der Waals surface area contributed by atoms with Crippen LogP contribution in [0.4, 0.5) is 0 Å². The second-order valence-electron chi connectivity index (χ2n) is 5.03. The van der Waals surface area contributed by atoms with Crippen molar-refractivity contribution in [1.29, 1.82) is 0 Å². The fraction of sp³-hybridized carbons (Fsp3) is 0.833. The Morgan fingerprint density at radius 1 is 1.35 bits per heavy atom. The predicted octanol–water partition coefficient (Wildman–Crippen LogP) is 2.66. The van der Waals surface area contributed by atoms with Crippen LogP contribution in [0.2, 0.25) is 0 Å². The van der Waals surface area contributed by atoms with Crippen LogP contribution in [0.1, 0.15) is 25.7 Å². The molecule has 0 spiro atoms. The minimum atomic E-state index is -1.11. The topological polar surface area (TPSA) is 30.9 Å². The van der Waals surface area contributed by atoms with Crippen LogP contribution in [-0.2, 0) is 13.6 Å². The molecule has 0 aromatic heterocycles. The lowest BCUT2D eigenvalue weighted by Gasteiger charge is -2.29. The average Bonchev–Trinajstić information content (AvgIpc) is 2.73. The summed E-state index contributed by atoms with van der Waals surface area (Å²) in [5.74, 6) is 1.90. The smallest absolute Gasteiger partial charge is 0.396 e. The summed E-state index contributed by atoms with van der Waals surface area (Å²) in [6.07, 6.45) is 6.87. The zero-order valence-corrected chi connectivity index (χ0v) is 11.2. The van der Waals surface area contributed by atoms with Gasteiger partial charge in [-0.25, -0.2) is 0 Å². The van der Waals surface area contributed by atoms with Crippen molar-refractivity contribution >= 4 is 8.60 Å². The molecular weight excluding hydrogens is 237 g/mol. The number of nitrogens with zero attached hydrogens (tertiary/aromatic N) is 1. The molecule has 2 unspecified atom stereocenters. The molecule has 2 aliphatic heterocycles. The Labute approximate surface area is 104 Å². The number of rotatable bonds is 2. The van der Waals surface area contributed by atoms with Crippen molar-refractivity contribution in [2.45, 2.75) is 31.7 Å². The molecule has 0 radical (unpaired) electrons. The summed E-state index contributed by atoms with van der Waals surface area (Å²) in [4.78, 5) is 2.42. The fourth-order valence-corrected chi connectivity index (χ4v) is 3.91. The second kappa shape index (κ2) is 5.23. The summed E-state index contributed by atoms with van der Waals surface area (Å²) >= 11 is 0. The molecule has 0 amide bonds. The third-order valence-corrected chi connectivity index (χ3v) is 5.01. The molecule has 17 heavy (non-hydrogen) atoms. The number of fused-ring (bicyclic) bond motifs is 1. The van der Waals surface area contributed by atoms with E-state index in [0.717, 1.165) is 37.7 Å². The molecule has 5 heteroatoms. The van der Waals surface area contributed by atoms with Gasteiger partial charge in [-0.15, -0.1) is 0 Å². The van der Waals surface area contributed by atoms with E-state index in [1.165, 1.54) is 19.4 Å². The van der Waals surface area contributed by atoms with Gasteiger partial charge in [0.1, 0.15) is 5.76 Å². The molecule has 2 heterocycles. The SMILES string of the molecule is CN1CCC2CCC(OP3OCCCO3)=CC21. The standard InChI is InChI=1S/C12H20NO3P/c1-13-6-5-10-3-4-11(9-12(10)13)16-17-14-7-2-8-15-17/h9-10,12H,2-8H2,1H3. The van der Waals surface area contributed by atoms with Crippen LogP contribution in [0.3, 0.4) is 0 Å². The Kier molecular flexibility index (Phi) is 3.67. The fourth-order valence-electron chi connectivity index (χ4n) is 2.83. The van der Waals surface area contributed by atoms with Crippen LogP contribution < -0.4 is 0 Å². The maximum absolute atomic E-state index is 5.84. The summed E-state index contributed by atoms with van der Waals surface area (Å²) in [7, 11) is 1.08. The van der Waals surface area contributed by atoms with Gasteiger partial charge in [0.25, 0.3) is 0 Å². The molecule has 2 saturated heterocycles. The molecule has 2 atom stereocenters. The highest BCUT2D eigenvalue weighted by molar-refractivity contribution is 7.41. The van der Waals surface area contributed by atoms with Gasteiger partial charge in [-0.1, -0.05) is 0 Å². The zero-order chi connectivity index (χ0) is 11.7. The monoisotopic (exact) mass is 257 g/mol. The summed E-state index contributed by atoms with van der Waals surface area (Å²) < 4.78 is 16.8. The van der Waals surface area contributed by atoms with E-state index in [1.807, 2.05) is 0 Å². The lowest BCUT2D eigenvalue weighted by molar-refractivity contribution is 0.127. The molecule has 0 saturated carbocycles. The van der Waals surface area contributed by atoms with Gasteiger partial charge in [0, 0.05) is 12.5 Å². The zero-order valence-electron chi connectivity index (χ0n) is 10.3. The third-order valence-electron chi connectivity index (χ3n) is 3.84. The molecule has 3 aliphatic rings. The molecule has 0 bridgehead atoms. The van der Waals surface area contributed by atoms with Gasteiger partial charge in [-0.3, -0.25) is 4.90 Å². The van der Waals surface area contributed by atoms with Gasteiger partial charge in [0.2, 0.25) is 0 Å². The van der Waals surface area contributed by atoms with E-state index in [9.17, 15) is 0 Å². The lowest BCUT2D eigenvalue weighted by atomic mass is 9.89. The van der Waals surface area contributed by atoms with Gasteiger partial charge in [0.05, 0.1) is 13.2 Å². The quantitative estimate of drug-likeness (QED) is 0.712. The maximum atomic E-state index is 5.84. The first-order valence-corrected chi connectivity index (χ1v) is 7.57. The first kappa shape index (κ1) is 11.9. The third kappa shape index (κ3) is 2.65. The molecule has 4 nitrogen and oxygen atoms in total. The summed E-state index contributed by atoms with van der Waals surface area (Å²) in [6.45, 7) is 2.75. The van der Waals surface area contributed by atoms with Crippen molar-refractivity contribution in [3.05, 3.63) is 11.8 Å². The van der Waals surface area contributed by atoms with E-state index in [4.69, 9.17) is 13.6 Å². The first-order chi connectivity index (χ1) is 8.33. The maximum Gasteiger partial charge on any atom is 0.396 e. The van der Waals surface area contributed by atoms with Crippen LogP contribution in [0.15, 0.2) is 11.8 Å². The first-order valence-electron chi connectivity index (χ1n) is 6.48. The summed E-state index contributed by atoms with van der Waals surface area (Å²) in [6, 6.07) is 0.568. The van der Waals surface area contributed by atoms with Gasteiger partial charge >= 0.3 is 8.60 Å². The van der Waals surface area contributed by atoms with Crippen LogP contribution in [0, 0.1) is 5.92 Å². The highest BCUT2D eigenvalue weighted by atomic mass is 31.2. The summed E-state index contributed by atoms with van der Waals surface area (Å²) in [5, 5.41) is 0. The van der Waals surface area contributed by atoms with Crippen LogP contribution in [-0.4, -0.2) is 37.7 Å². The predicted molar refractivity (Wildman–Crippen MR) is 66.4 cm³/mol. The lowest BCUT2D eigenvalue weighted by Crippen LogP contribution is -2.30. The highest BCUT2D eigenvalue weighted by Gasteiger charge is 2.34. The van der Waals surface area contributed by atoms with Crippen molar-refractivity contribution < 1.29 is 13.6 Å². The Morgan fingerprint density at radius 2 is 2.18 bits per heavy atom. The van der Waals surface area contributed by atoms with Crippen LogP contribution in [0.25, 0.3) is 0 Å². The number of allylic oxidation sites excluding steroid dienone is 1. The van der Waals surface area contributed by atoms with Crippen molar-refractivity contribution in [2.24, 2.45) is 5.92 Å². The molecule has 3 rings (SSSR count). The van der Waals surface area contributed by atoms with Crippen LogP contribution >= 0.6 is 8.60 Å². The molecule has 96 valence electrons. The van der Waals surface area contributed by atoms with Gasteiger partial charge in [-0.05, 0) is 44.8 Å². The van der Waals surface area contributed by atoms with Crippen LogP contribution in [0.5, 0.6) is 0 Å². The molecule has 0 aromatic carbocycles. The Morgan fingerprint density at radius 3 is 3.00 bits per heavy atom. The molecule has 0 aromatic rings. The summed E-state index contributed by atoms with van der Waals surface area (Å²) in [5.41, 5.74) is 0. The van der Waals surface area contributed by atoms with E-state index in [-0.39, 0.29) is 0 Å². The number of hydrogen-bond acceptors (Lipinski definition) is 4. The second-order valence-corrected chi connectivity index (χ2v) is 6.17. The van der Waals surface area contributed by atoms with Crippen molar-refractivity contribution in [2.75, 3.05) is 26.8 Å². The molecular formula is C12H20NO3P. The molecule has 2 fully saturated rings. The van der Waals surface area contributed by atoms with Crippen molar-refractivity contribution in [3.8, 4) is 0 Å². The van der Waals surface area contributed by atoms with E-state index in [0.29, 0.717) is 6.04 Å². The van der Waals surface area contributed by atoms with Gasteiger partial charge in [-0.2, -0.15) is 0 Å². The minimum Gasteiger partial charge on any atom is -0.432 e. The van der Waals surface area contributed by atoms with Crippen molar-refractivity contribution in [1.82, 2.24) is 4.90 Å². The highest BCUT2D eigenvalue weighted by Crippen LogP contribution is 2.47. The molecule has 0 N–H and O–H groups in total. The normalized spacial score (nSPS) is 35.5. The molecule has 1 aliphatic carbocycles. The Balaban J connectivity index is 1.61. The van der Waals surface area contributed by atoms with E-state index in [1.54, 1.807) is 0 Å². The average molecular weight is 257 g/mol. The number of likely N-dealkylation sites (tertiary alicyclic amines) is 1. The van der Waals surface area contributed by atoms with E-state index >= 15 is 0 Å². The van der Waals surface area contributed by atoms with E-state index < -0.39 is 8.60 Å². The Hall–Kier alpha value is -0.150. The number of likely N-dealkylation sites (N-methyl/N-ethyl adjacent to an activating group) is 1. The van der Waals surface area contributed by atoms with E-state index in [2.05, 4.69) is 18.0 Å². The minimum absolute atomic E-state index is 0.568. The Bertz CT molecular complexity index is 304. The largest absolute Gasteiger partial charge is 0.432 e. The van der Waals surface area contributed by atoms with Crippen molar-refractivity contribution in [3.63, 3.8) is 0 Å².